The van der Waals surface area contributed by atoms with Crippen molar-refractivity contribution in [3.05, 3.63) is 29.0 Å². The summed E-state index contributed by atoms with van der Waals surface area (Å²) in [5.41, 5.74) is 0.476. The van der Waals surface area contributed by atoms with Crippen LogP contribution in [0.3, 0.4) is 0 Å². The molecule has 1 unspecified atom stereocenters. The molecule has 5 heteroatoms. The van der Waals surface area contributed by atoms with E-state index in [2.05, 4.69) is 10.3 Å². The highest BCUT2D eigenvalue weighted by Crippen LogP contribution is 2.07. The number of hydrogen-bond donors (Lipinski definition) is 2. The number of carbonyl (C=O) groups excluding carboxylic acids is 1. The normalized spacial score (nSPS) is 12.5. The van der Waals surface area contributed by atoms with Gasteiger partial charge in [0.1, 0.15) is 5.15 Å². The Bertz CT molecular complexity index is 383. The first-order chi connectivity index (χ1) is 8.00. The van der Waals surface area contributed by atoms with Crippen molar-refractivity contribution in [1.29, 1.82) is 0 Å². The molecular weight excluding hydrogens is 240 g/mol. The van der Waals surface area contributed by atoms with Gasteiger partial charge in [-0.3, -0.25) is 4.79 Å². The summed E-state index contributed by atoms with van der Waals surface area (Å²) < 4.78 is 0. The summed E-state index contributed by atoms with van der Waals surface area (Å²) in [5, 5.41) is 12.6. The summed E-state index contributed by atoms with van der Waals surface area (Å²) in [6.07, 6.45) is 1.64. The maximum Gasteiger partial charge on any atom is 0.251 e. The number of rotatable bonds is 5. The fourth-order valence-corrected chi connectivity index (χ4v) is 1.49. The summed E-state index contributed by atoms with van der Waals surface area (Å²) in [6.45, 7) is 4.32. The molecule has 1 aromatic rings. The van der Waals surface area contributed by atoms with E-state index in [9.17, 15) is 9.90 Å². The molecule has 1 heterocycles. The number of halogens is 1. The van der Waals surface area contributed by atoms with Gasteiger partial charge in [-0.1, -0.05) is 25.4 Å². The van der Waals surface area contributed by atoms with Gasteiger partial charge in [-0.25, -0.2) is 4.98 Å². The van der Waals surface area contributed by atoms with Gasteiger partial charge < -0.3 is 10.4 Å². The van der Waals surface area contributed by atoms with Crippen LogP contribution in [0.15, 0.2) is 18.3 Å². The molecule has 0 saturated carbocycles. The lowest BCUT2D eigenvalue weighted by Crippen LogP contribution is -2.28. The minimum Gasteiger partial charge on any atom is -0.393 e. The first-order valence-corrected chi connectivity index (χ1v) is 5.96. The molecule has 1 rings (SSSR count). The monoisotopic (exact) mass is 256 g/mol. The van der Waals surface area contributed by atoms with Crippen molar-refractivity contribution < 1.29 is 9.90 Å². The van der Waals surface area contributed by atoms with E-state index in [-0.39, 0.29) is 11.8 Å². The average Bonchev–Trinajstić information content (AvgIpc) is 2.28. The molecule has 4 nitrogen and oxygen atoms in total. The number of aliphatic hydroxyl groups is 1. The zero-order valence-electron chi connectivity index (χ0n) is 9.98. The summed E-state index contributed by atoms with van der Waals surface area (Å²) in [7, 11) is 0. The van der Waals surface area contributed by atoms with Gasteiger partial charge in [-0.15, -0.1) is 0 Å². The topological polar surface area (TPSA) is 62.2 Å². The molecular formula is C12H17ClN2O2. The summed E-state index contributed by atoms with van der Waals surface area (Å²) in [4.78, 5) is 15.5. The zero-order chi connectivity index (χ0) is 12.8. The SMILES string of the molecule is CC(C)C(O)CCNC(=O)c1ccnc(Cl)c1. The second-order valence-electron chi connectivity index (χ2n) is 4.22. The molecule has 1 atom stereocenters. The molecule has 0 fully saturated rings. The average molecular weight is 257 g/mol. The van der Waals surface area contributed by atoms with E-state index in [4.69, 9.17) is 11.6 Å². The number of carbonyl (C=O) groups is 1. The second kappa shape index (κ2) is 6.57. The van der Waals surface area contributed by atoms with Gasteiger partial charge in [0.2, 0.25) is 0 Å². The number of nitrogens with zero attached hydrogens (tertiary/aromatic N) is 1. The van der Waals surface area contributed by atoms with Crippen LogP contribution in [0, 0.1) is 5.92 Å². The van der Waals surface area contributed by atoms with E-state index >= 15 is 0 Å². The molecule has 1 amide bonds. The van der Waals surface area contributed by atoms with Crippen LogP contribution >= 0.6 is 11.6 Å². The lowest BCUT2D eigenvalue weighted by atomic mass is 10.0. The lowest BCUT2D eigenvalue weighted by Gasteiger charge is -2.14. The fourth-order valence-electron chi connectivity index (χ4n) is 1.31. The molecule has 0 saturated heterocycles. The Morgan fingerprint density at radius 1 is 1.59 bits per heavy atom. The molecule has 17 heavy (non-hydrogen) atoms. The van der Waals surface area contributed by atoms with E-state index in [0.29, 0.717) is 23.7 Å². The van der Waals surface area contributed by atoms with E-state index < -0.39 is 6.10 Å². The largest absolute Gasteiger partial charge is 0.393 e. The number of nitrogens with one attached hydrogen (secondary N) is 1. The highest BCUT2D eigenvalue weighted by molar-refractivity contribution is 6.29. The lowest BCUT2D eigenvalue weighted by molar-refractivity contribution is 0.0920. The number of pyridine rings is 1. The van der Waals surface area contributed by atoms with Crippen LogP contribution in [0.4, 0.5) is 0 Å². The van der Waals surface area contributed by atoms with Gasteiger partial charge in [0, 0.05) is 18.3 Å². The minimum atomic E-state index is -0.392. The zero-order valence-corrected chi connectivity index (χ0v) is 10.7. The van der Waals surface area contributed by atoms with Crippen LogP contribution in [0.5, 0.6) is 0 Å². The molecule has 0 aromatic carbocycles. The second-order valence-corrected chi connectivity index (χ2v) is 4.61. The van der Waals surface area contributed by atoms with Crippen LogP contribution in [0.2, 0.25) is 5.15 Å². The van der Waals surface area contributed by atoms with Crippen molar-refractivity contribution in [2.24, 2.45) is 5.92 Å². The highest BCUT2D eigenvalue weighted by Gasteiger charge is 2.10. The molecule has 0 radical (unpaired) electrons. The quantitative estimate of drug-likeness (QED) is 0.791. The maximum atomic E-state index is 11.7. The smallest absolute Gasteiger partial charge is 0.251 e. The van der Waals surface area contributed by atoms with Crippen LogP contribution in [0.1, 0.15) is 30.6 Å². The van der Waals surface area contributed by atoms with Gasteiger partial charge >= 0.3 is 0 Å². The third kappa shape index (κ3) is 4.71. The van der Waals surface area contributed by atoms with Crippen LogP contribution in [-0.4, -0.2) is 28.6 Å². The molecule has 0 spiro atoms. The van der Waals surface area contributed by atoms with Gasteiger partial charge in [-0.05, 0) is 24.5 Å². The van der Waals surface area contributed by atoms with E-state index in [0.717, 1.165) is 0 Å². The third-order valence-electron chi connectivity index (χ3n) is 2.48. The molecule has 2 N–H and O–H groups in total. The van der Waals surface area contributed by atoms with Crippen molar-refractivity contribution in [1.82, 2.24) is 10.3 Å². The highest BCUT2D eigenvalue weighted by atomic mass is 35.5. The molecule has 1 aromatic heterocycles. The van der Waals surface area contributed by atoms with Crippen molar-refractivity contribution in [3.63, 3.8) is 0 Å². The Kier molecular flexibility index (Phi) is 5.38. The maximum absolute atomic E-state index is 11.7. The Morgan fingerprint density at radius 3 is 2.88 bits per heavy atom. The van der Waals surface area contributed by atoms with Crippen LogP contribution in [-0.2, 0) is 0 Å². The van der Waals surface area contributed by atoms with Crippen molar-refractivity contribution >= 4 is 17.5 Å². The van der Waals surface area contributed by atoms with Crippen LogP contribution in [0.25, 0.3) is 0 Å². The molecule has 94 valence electrons. The van der Waals surface area contributed by atoms with Crippen molar-refractivity contribution in [2.45, 2.75) is 26.4 Å². The van der Waals surface area contributed by atoms with E-state index in [1.54, 1.807) is 6.07 Å². The molecule has 0 bridgehead atoms. The molecule has 0 aliphatic carbocycles. The van der Waals surface area contributed by atoms with Gasteiger partial charge in [-0.2, -0.15) is 0 Å². The summed E-state index contributed by atoms with van der Waals surface area (Å²) >= 11 is 5.68. The van der Waals surface area contributed by atoms with Gasteiger partial charge in [0.05, 0.1) is 6.10 Å². The number of amides is 1. The standard InChI is InChI=1S/C12H17ClN2O2/c1-8(2)10(16)4-6-15-12(17)9-3-5-14-11(13)7-9/h3,5,7-8,10,16H,4,6H2,1-2H3,(H,15,17). The Labute approximate surface area is 106 Å². The first-order valence-electron chi connectivity index (χ1n) is 5.58. The molecule has 0 aliphatic heterocycles. The van der Waals surface area contributed by atoms with Crippen molar-refractivity contribution in [3.8, 4) is 0 Å². The fraction of sp³-hybridized carbons (Fsp3) is 0.500. The minimum absolute atomic E-state index is 0.197. The summed E-state index contributed by atoms with van der Waals surface area (Å²) in [5.74, 6) is -0.00692. The Balaban J connectivity index is 2.40. The number of aromatic nitrogens is 1. The van der Waals surface area contributed by atoms with Crippen molar-refractivity contribution in [2.75, 3.05) is 6.54 Å². The predicted molar refractivity (Wildman–Crippen MR) is 67.0 cm³/mol. The number of aliphatic hydroxyl groups excluding tert-OH is 1. The Hall–Kier alpha value is -1.13. The van der Waals surface area contributed by atoms with E-state index in [1.807, 2.05) is 13.8 Å². The van der Waals surface area contributed by atoms with E-state index in [1.165, 1.54) is 12.3 Å². The predicted octanol–water partition coefficient (Wildman–Crippen LogP) is 1.87. The van der Waals surface area contributed by atoms with Gasteiger partial charge in [0.25, 0.3) is 5.91 Å². The Morgan fingerprint density at radius 2 is 2.29 bits per heavy atom. The molecule has 0 aliphatic rings. The first kappa shape index (κ1) is 13.9. The number of hydrogen-bond acceptors (Lipinski definition) is 3. The summed E-state index contributed by atoms with van der Waals surface area (Å²) in [6, 6.07) is 3.11. The third-order valence-corrected chi connectivity index (χ3v) is 2.69. The van der Waals surface area contributed by atoms with Crippen LogP contribution < -0.4 is 5.32 Å². The van der Waals surface area contributed by atoms with Gasteiger partial charge in [0.15, 0.2) is 0 Å².